The zero-order chi connectivity index (χ0) is 9.84. The molecule has 72 valence electrons. The number of rotatable bonds is 1. The number of primary amides is 1. The SMILES string of the molecule is CC1=C/C(=N/NC(N)=O)CC(C)C1. The minimum absolute atomic E-state index is 0.596. The molecule has 4 nitrogen and oxygen atoms in total. The van der Waals surface area contributed by atoms with E-state index in [1.807, 2.05) is 6.08 Å². The number of carbonyl (C=O) groups excluding carboxylic acids is 1. The highest BCUT2D eigenvalue weighted by Gasteiger charge is 2.12. The molecular weight excluding hydrogens is 166 g/mol. The largest absolute Gasteiger partial charge is 0.350 e. The lowest BCUT2D eigenvalue weighted by Gasteiger charge is -2.17. The summed E-state index contributed by atoms with van der Waals surface area (Å²) >= 11 is 0. The van der Waals surface area contributed by atoms with Gasteiger partial charge in [-0.25, -0.2) is 10.2 Å². The van der Waals surface area contributed by atoms with Crippen molar-refractivity contribution in [3.63, 3.8) is 0 Å². The molecule has 3 N–H and O–H groups in total. The molecule has 0 bridgehead atoms. The van der Waals surface area contributed by atoms with Gasteiger partial charge in [-0.2, -0.15) is 5.10 Å². The molecule has 0 saturated heterocycles. The van der Waals surface area contributed by atoms with E-state index >= 15 is 0 Å². The first kappa shape index (κ1) is 9.77. The number of allylic oxidation sites excluding steroid dienone is 2. The maximum absolute atomic E-state index is 10.4. The van der Waals surface area contributed by atoms with E-state index in [0.717, 1.165) is 18.6 Å². The van der Waals surface area contributed by atoms with Crippen LogP contribution >= 0.6 is 0 Å². The van der Waals surface area contributed by atoms with E-state index < -0.39 is 6.03 Å². The minimum atomic E-state index is -0.614. The van der Waals surface area contributed by atoms with Crippen LogP contribution in [0.25, 0.3) is 0 Å². The van der Waals surface area contributed by atoms with Gasteiger partial charge in [0, 0.05) is 0 Å². The molecule has 0 spiro atoms. The van der Waals surface area contributed by atoms with E-state index in [1.165, 1.54) is 5.57 Å². The van der Waals surface area contributed by atoms with Crippen molar-refractivity contribution < 1.29 is 4.79 Å². The molecule has 2 amide bonds. The van der Waals surface area contributed by atoms with Gasteiger partial charge in [0.25, 0.3) is 0 Å². The van der Waals surface area contributed by atoms with Crippen molar-refractivity contribution in [3.8, 4) is 0 Å². The molecule has 1 aliphatic carbocycles. The van der Waals surface area contributed by atoms with Crippen molar-refractivity contribution in [2.45, 2.75) is 26.7 Å². The molecule has 0 aromatic carbocycles. The van der Waals surface area contributed by atoms with Crippen LogP contribution in [-0.4, -0.2) is 11.7 Å². The van der Waals surface area contributed by atoms with E-state index in [0.29, 0.717) is 5.92 Å². The lowest BCUT2D eigenvalue weighted by Crippen LogP contribution is -2.26. The zero-order valence-corrected chi connectivity index (χ0v) is 8.00. The van der Waals surface area contributed by atoms with E-state index in [1.54, 1.807) is 0 Å². The predicted octanol–water partition coefficient (Wildman–Crippen LogP) is 1.39. The maximum atomic E-state index is 10.4. The van der Waals surface area contributed by atoms with Crippen molar-refractivity contribution in [1.29, 1.82) is 0 Å². The van der Waals surface area contributed by atoms with E-state index in [4.69, 9.17) is 5.73 Å². The maximum Gasteiger partial charge on any atom is 0.332 e. The van der Waals surface area contributed by atoms with Gasteiger partial charge in [-0.1, -0.05) is 12.5 Å². The van der Waals surface area contributed by atoms with E-state index in [9.17, 15) is 4.79 Å². The van der Waals surface area contributed by atoms with Crippen molar-refractivity contribution in [3.05, 3.63) is 11.6 Å². The number of hydrogen-bond acceptors (Lipinski definition) is 2. The second-order valence-electron chi connectivity index (χ2n) is 3.58. The molecule has 0 aromatic rings. The summed E-state index contributed by atoms with van der Waals surface area (Å²) in [6, 6.07) is -0.614. The Morgan fingerprint density at radius 2 is 2.38 bits per heavy atom. The fourth-order valence-electron chi connectivity index (χ4n) is 1.59. The first-order chi connectivity index (χ1) is 6.08. The Morgan fingerprint density at radius 1 is 1.69 bits per heavy atom. The average Bonchev–Trinajstić information content (AvgIpc) is 1.99. The highest BCUT2D eigenvalue weighted by Crippen LogP contribution is 2.21. The van der Waals surface area contributed by atoms with Gasteiger partial charge in [0.1, 0.15) is 0 Å². The number of hydrogen-bond donors (Lipinski definition) is 2. The number of hydrazone groups is 1. The quantitative estimate of drug-likeness (QED) is 0.590. The summed E-state index contributed by atoms with van der Waals surface area (Å²) in [6.07, 6.45) is 4.00. The average molecular weight is 181 g/mol. The number of nitrogens with one attached hydrogen (secondary N) is 1. The molecule has 1 rings (SSSR count). The van der Waals surface area contributed by atoms with Crippen molar-refractivity contribution >= 4 is 11.7 Å². The van der Waals surface area contributed by atoms with Crippen LogP contribution in [0, 0.1) is 5.92 Å². The molecule has 0 saturated carbocycles. The van der Waals surface area contributed by atoms with Gasteiger partial charge in [-0.05, 0) is 31.8 Å². The fraction of sp³-hybridized carbons (Fsp3) is 0.556. The molecule has 13 heavy (non-hydrogen) atoms. The second kappa shape index (κ2) is 4.07. The van der Waals surface area contributed by atoms with Crippen LogP contribution in [0.2, 0.25) is 0 Å². The van der Waals surface area contributed by atoms with E-state index in [-0.39, 0.29) is 0 Å². The highest BCUT2D eigenvalue weighted by atomic mass is 16.2. The van der Waals surface area contributed by atoms with Crippen LogP contribution in [0.5, 0.6) is 0 Å². The molecular formula is C9H15N3O. The first-order valence-corrected chi connectivity index (χ1v) is 4.37. The smallest absolute Gasteiger partial charge is 0.332 e. The van der Waals surface area contributed by atoms with Gasteiger partial charge in [0.05, 0.1) is 5.71 Å². The number of nitrogens with zero attached hydrogens (tertiary/aromatic N) is 1. The van der Waals surface area contributed by atoms with Gasteiger partial charge >= 0.3 is 6.03 Å². The van der Waals surface area contributed by atoms with Gasteiger partial charge in [0.2, 0.25) is 0 Å². The Labute approximate surface area is 77.9 Å². The first-order valence-electron chi connectivity index (χ1n) is 4.37. The fourth-order valence-corrected chi connectivity index (χ4v) is 1.59. The van der Waals surface area contributed by atoms with Crippen LogP contribution in [0.15, 0.2) is 16.8 Å². The summed E-state index contributed by atoms with van der Waals surface area (Å²) in [5.74, 6) is 0.596. The second-order valence-corrected chi connectivity index (χ2v) is 3.58. The summed E-state index contributed by atoms with van der Waals surface area (Å²) in [4.78, 5) is 10.4. The number of amides is 2. The predicted molar refractivity (Wildman–Crippen MR) is 52.3 cm³/mol. The number of nitrogens with two attached hydrogens (primary N) is 1. The third kappa shape index (κ3) is 3.27. The summed E-state index contributed by atoms with van der Waals surface area (Å²) in [6.45, 7) is 4.23. The van der Waals surface area contributed by atoms with Crippen LogP contribution in [0.3, 0.4) is 0 Å². The minimum Gasteiger partial charge on any atom is -0.350 e. The van der Waals surface area contributed by atoms with E-state index in [2.05, 4.69) is 24.4 Å². The monoisotopic (exact) mass is 181 g/mol. The molecule has 0 heterocycles. The Bertz CT molecular complexity index is 268. The molecule has 1 atom stereocenters. The molecule has 0 aromatic heterocycles. The lowest BCUT2D eigenvalue weighted by molar-refractivity contribution is 0.249. The van der Waals surface area contributed by atoms with Crippen molar-refractivity contribution in [2.75, 3.05) is 0 Å². The molecule has 0 aliphatic heterocycles. The number of carbonyl (C=O) groups is 1. The molecule has 1 unspecified atom stereocenters. The summed E-state index contributed by atoms with van der Waals surface area (Å²) < 4.78 is 0. The van der Waals surface area contributed by atoms with Gasteiger partial charge in [-0.15, -0.1) is 0 Å². The summed E-state index contributed by atoms with van der Waals surface area (Å²) in [7, 11) is 0. The lowest BCUT2D eigenvalue weighted by atomic mass is 9.90. The van der Waals surface area contributed by atoms with Gasteiger partial charge < -0.3 is 5.73 Å². The Morgan fingerprint density at radius 3 is 2.92 bits per heavy atom. The molecule has 0 radical (unpaired) electrons. The Hall–Kier alpha value is -1.32. The van der Waals surface area contributed by atoms with Crippen LogP contribution < -0.4 is 11.2 Å². The zero-order valence-electron chi connectivity index (χ0n) is 8.00. The van der Waals surface area contributed by atoms with Gasteiger partial charge in [-0.3, -0.25) is 0 Å². The van der Waals surface area contributed by atoms with Gasteiger partial charge in [0.15, 0.2) is 0 Å². The third-order valence-corrected chi connectivity index (χ3v) is 1.95. The highest BCUT2D eigenvalue weighted by molar-refractivity contribution is 5.96. The van der Waals surface area contributed by atoms with Crippen molar-refractivity contribution in [2.24, 2.45) is 16.8 Å². The number of urea groups is 1. The Kier molecular flexibility index (Phi) is 3.06. The van der Waals surface area contributed by atoms with Crippen LogP contribution in [-0.2, 0) is 0 Å². The Balaban J connectivity index is 2.64. The standard InChI is InChI=1S/C9H15N3O/c1-6-3-7(2)5-8(4-6)11-12-9(10)13/h4,7H,3,5H2,1-2H3,(H3,10,12,13)/b11-8-. The van der Waals surface area contributed by atoms with Crippen LogP contribution in [0.4, 0.5) is 4.79 Å². The molecule has 4 heteroatoms. The summed E-state index contributed by atoms with van der Waals surface area (Å²) in [5.41, 5.74) is 9.33. The summed E-state index contributed by atoms with van der Waals surface area (Å²) in [5, 5.41) is 3.90. The van der Waals surface area contributed by atoms with Crippen molar-refractivity contribution in [1.82, 2.24) is 5.43 Å². The molecule has 0 fully saturated rings. The topological polar surface area (TPSA) is 67.5 Å². The third-order valence-electron chi connectivity index (χ3n) is 1.95. The normalized spacial score (nSPS) is 25.5. The van der Waals surface area contributed by atoms with Crippen LogP contribution in [0.1, 0.15) is 26.7 Å². The molecule has 1 aliphatic rings.